The lowest BCUT2D eigenvalue weighted by Crippen LogP contribution is -2.63. The highest BCUT2D eigenvalue weighted by Gasteiger charge is 2.50. The summed E-state index contributed by atoms with van der Waals surface area (Å²) < 4.78 is 35.6. The van der Waals surface area contributed by atoms with Crippen LogP contribution in [0.3, 0.4) is 0 Å². The van der Waals surface area contributed by atoms with Gasteiger partial charge in [0.2, 0.25) is 0 Å². The van der Waals surface area contributed by atoms with Crippen LogP contribution in [-0.2, 0) is 27.8 Å². The third kappa shape index (κ3) is 5.24. The smallest absolute Gasteiger partial charge is 0.394 e. The van der Waals surface area contributed by atoms with Crippen molar-refractivity contribution in [1.82, 2.24) is 0 Å². The van der Waals surface area contributed by atoms with E-state index in [1.165, 1.54) is 0 Å². The van der Waals surface area contributed by atoms with Gasteiger partial charge >= 0.3 is 7.82 Å². The number of hydrogen-bond donors (Lipinski definition) is 8. The lowest BCUT2D eigenvalue weighted by molar-refractivity contribution is -0.376. The van der Waals surface area contributed by atoms with Gasteiger partial charge in [0.1, 0.15) is 48.8 Å². The molecule has 11 atom stereocenters. The zero-order chi connectivity index (χ0) is 21.2. The van der Waals surface area contributed by atoms with Crippen LogP contribution in [-0.4, -0.2) is 122 Å². The monoisotopic (exact) mass is 436 g/mol. The van der Waals surface area contributed by atoms with Gasteiger partial charge < -0.3 is 54.8 Å². The maximum Gasteiger partial charge on any atom is 0.472 e. The maximum absolute atomic E-state index is 11.4. The standard InChI is InChI=1S/C13H25O14P/c1-23-28(21,22)24-3-5-7(16)9(18)11(20)13(26-5)27-12-10(19)8(17)6(15)4(2-14)25-12/h4-20H,2-3H2,1H3,(H,21,22)/t4?,5-,6-,7-,8?,9?,10?,11?,12-,13-/m1/s1. The first kappa shape index (κ1) is 24.0. The van der Waals surface area contributed by atoms with Crippen LogP contribution in [0.15, 0.2) is 0 Å². The van der Waals surface area contributed by atoms with Crippen molar-refractivity contribution < 1.29 is 68.5 Å². The highest BCUT2D eigenvalue weighted by molar-refractivity contribution is 7.47. The van der Waals surface area contributed by atoms with Gasteiger partial charge in [-0.3, -0.25) is 9.05 Å². The highest BCUT2D eigenvalue weighted by atomic mass is 31.2. The van der Waals surface area contributed by atoms with Crippen molar-refractivity contribution in [1.29, 1.82) is 0 Å². The first-order valence-electron chi connectivity index (χ1n) is 8.21. The number of ether oxygens (including phenoxy) is 3. The van der Waals surface area contributed by atoms with Gasteiger partial charge in [-0.1, -0.05) is 0 Å². The molecule has 2 fully saturated rings. The lowest BCUT2D eigenvalue weighted by Gasteiger charge is -2.44. The molecular weight excluding hydrogens is 411 g/mol. The molecule has 0 amide bonds. The molecule has 2 heterocycles. The minimum Gasteiger partial charge on any atom is -0.394 e. The first-order valence-corrected chi connectivity index (χ1v) is 9.70. The van der Waals surface area contributed by atoms with Crippen LogP contribution in [0.2, 0.25) is 0 Å². The first-order chi connectivity index (χ1) is 13.0. The van der Waals surface area contributed by atoms with E-state index in [0.29, 0.717) is 0 Å². The summed E-state index contributed by atoms with van der Waals surface area (Å²) in [6, 6.07) is 0. The van der Waals surface area contributed by atoms with Crippen LogP contribution < -0.4 is 0 Å². The van der Waals surface area contributed by atoms with Gasteiger partial charge in [0.15, 0.2) is 12.6 Å². The molecule has 0 radical (unpaired) electrons. The van der Waals surface area contributed by atoms with E-state index >= 15 is 0 Å². The Hall–Kier alpha value is -0.290. The van der Waals surface area contributed by atoms with Crippen LogP contribution in [0.4, 0.5) is 0 Å². The van der Waals surface area contributed by atoms with Crippen molar-refractivity contribution in [2.24, 2.45) is 0 Å². The van der Waals surface area contributed by atoms with Gasteiger partial charge in [0.25, 0.3) is 0 Å². The Bertz CT molecular complexity index is 547. The molecule has 28 heavy (non-hydrogen) atoms. The van der Waals surface area contributed by atoms with E-state index in [9.17, 15) is 40.1 Å². The number of phosphoric ester groups is 1. The van der Waals surface area contributed by atoms with Crippen molar-refractivity contribution in [2.45, 2.75) is 61.4 Å². The Labute approximate surface area is 159 Å². The van der Waals surface area contributed by atoms with Crippen molar-refractivity contribution in [3.05, 3.63) is 0 Å². The fourth-order valence-electron chi connectivity index (χ4n) is 2.70. The van der Waals surface area contributed by atoms with Gasteiger partial charge in [-0.2, -0.15) is 0 Å². The molecule has 6 unspecified atom stereocenters. The summed E-state index contributed by atoms with van der Waals surface area (Å²) in [6.45, 7) is -1.46. The van der Waals surface area contributed by atoms with Gasteiger partial charge in [-0.15, -0.1) is 0 Å². The van der Waals surface area contributed by atoms with Crippen molar-refractivity contribution in [3.63, 3.8) is 0 Å². The second-order valence-electron chi connectivity index (χ2n) is 6.29. The predicted octanol–water partition coefficient (Wildman–Crippen LogP) is -4.63. The number of phosphoric acid groups is 1. The fourth-order valence-corrected chi connectivity index (χ4v) is 3.14. The Morgan fingerprint density at radius 2 is 1.29 bits per heavy atom. The topological polar surface area (TPSA) is 225 Å². The Kier molecular flexibility index (Phi) is 8.29. The highest BCUT2D eigenvalue weighted by Crippen LogP contribution is 2.42. The molecular formula is C13H25O14P. The summed E-state index contributed by atoms with van der Waals surface area (Å²) in [4.78, 5) is 9.23. The van der Waals surface area contributed by atoms with E-state index in [1.54, 1.807) is 0 Å². The summed E-state index contributed by atoms with van der Waals surface area (Å²) in [5.41, 5.74) is 0. The maximum atomic E-state index is 11.4. The number of rotatable bonds is 7. The number of hydrogen-bond acceptors (Lipinski definition) is 13. The van der Waals surface area contributed by atoms with Crippen LogP contribution in [0, 0.1) is 0 Å². The fraction of sp³-hybridized carbons (Fsp3) is 1.00. The predicted molar refractivity (Wildman–Crippen MR) is 84.3 cm³/mol. The second kappa shape index (κ2) is 9.68. The van der Waals surface area contributed by atoms with E-state index in [2.05, 4.69) is 9.05 Å². The molecule has 2 aliphatic heterocycles. The average molecular weight is 436 g/mol. The zero-order valence-electron chi connectivity index (χ0n) is 14.7. The molecule has 0 saturated carbocycles. The Morgan fingerprint density at radius 1 is 0.821 bits per heavy atom. The molecule has 0 aliphatic carbocycles. The van der Waals surface area contributed by atoms with Crippen LogP contribution >= 0.6 is 7.82 Å². The molecule has 2 rings (SSSR count). The molecule has 2 aliphatic rings. The minimum atomic E-state index is -4.42. The molecule has 14 nitrogen and oxygen atoms in total. The van der Waals surface area contributed by atoms with Gasteiger partial charge in [-0.05, 0) is 0 Å². The Morgan fingerprint density at radius 3 is 1.75 bits per heavy atom. The van der Waals surface area contributed by atoms with E-state index in [0.717, 1.165) is 7.11 Å². The van der Waals surface area contributed by atoms with Gasteiger partial charge in [0, 0.05) is 7.11 Å². The van der Waals surface area contributed by atoms with Crippen molar-refractivity contribution in [2.75, 3.05) is 20.3 Å². The molecule has 0 bridgehead atoms. The molecule has 8 N–H and O–H groups in total. The molecule has 0 aromatic carbocycles. The molecule has 0 aromatic rings. The molecule has 0 spiro atoms. The zero-order valence-corrected chi connectivity index (χ0v) is 15.6. The summed E-state index contributed by atoms with van der Waals surface area (Å²) in [5.74, 6) is 0. The van der Waals surface area contributed by atoms with Crippen LogP contribution in [0.1, 0.15) is 0 Å². The SMILES string of the molecule is COP(=O)(O)OC[C@H]1O[C@H](O[C@H]2OC(CO)[C@@H](O)C(O)C2O)C(O)C(O)[C@@H]1O. The second-order valence-corrected chi connectivity index (χ2v) is 7.86. The summed E-state index contributed by atoms with van der Waals surface area (Å²) in [7, 11) is -3.52. The third-order valence-electron chi connectivity index (χ3n) is 4.42. The molecule has 2 saturated heterocycles. The van der Waals surface area contributed by atoms with E-state index < -0.39 is 82.4 Å². The number of aliphatic hydroxyl groups excluding tert-OH is 7. The quantitative estimate of drug-likeness (QED) is 0.176. The third-order valence-corrected chi connectivity index (χ3v) is 5.35. The van der Waals surface area contributed by atoms with Crippen molar-refractivity contribution in [3.8, 4) is 0 Å². The Balaban J connectivity index is 2.07. The van der Waals surface area contributed by atoms with Gasteiger partial charge in [0.05, 0.1) is 13.2 Å². The van der Waals surface area contributed by atoms with Gasteiger partial charge in [-0.25, -0.2) is 4.57 Å². The molecule has 0 aromatic heterocycles. The summed E-state index contributed by atoms with van der Waals surface area (Å²) in [5, 5.41) is 68.5. The lowest BCUT2D eigenvalue weighted by atomic mass is 9.98. The molecule has 15 heteroatoms. The minimum absolute atomic E-state index is 0.723. The normalized spacial score (nSPS) is 46.9. The van der Waals surface area contributed by atoms with Crippen LogP contribution in [0.5, 0.6) is 0 Å². The molecule has 166 valence electrons. The van der Waals surface area contributed by atoms with E-state index in [-0.39, 0.29) is 0 Å². The largest absolute Gasteiger partial charge is 0.472 e. The van der Waals surface area contributed by atoms with E-state index in [1.807, 2.05) is 0 Å². The number of aliphatic hydroxyl groups is 7. The van der Waals surface area contributed by atoms with Crippen LogP contribution in [0.25, 0.3) is 0 Å². The average Bonchev–Trinajstić information content (AvgIpc) is 2.67. The van der Waals surface area contributed by atoms with Crippen molar-refractivity contribution >= 4 is 7.82 Å². The summed E-state index contributed by atoms with van der Waals surface area (Å²) >= 11 is 0. The van der Waals surface area contributed by atoms with E-state index in [4.69, 9.17) is 19.3 Å². The summed E-state index contributed by atoms with van der Waals surface area (Å²) in [6.07, 6.45) is -16.8.